The summed E-state index contributed by atoms with van der Waals surface area (Å²) in [6.45, 7) is -1.25. The van der Waals surface area contributed by atoms with Crippen molar-refractivity contribution < 1.29 is 49.4 Å². The molecule has 1 aromatic carbocycles. The van der Waals surface area contributed by atoms with Gasteiger partial charge in [-0.1, -0.05) is 35.2 Å². The van der Waals surface area contributed by atoms with Crippen LogP contribution in [0.5, 0.6) is 0 Å². The van der Waals surface area contributed by atoms with Gasteiger partial charge in [-0.3, -0.25) is 0 Å². The fraction of sp³-hybridized carbons (Fsp3) is 0.600. The van der Waals surface area contributed by atoms with Crippen molar-refractivity contribution in [2.24, 2.45) is 0 Å². The van der Waals surface area contributed by atoms with Gasteiger partial charge in [0.2, 0.25) is 0 Å². The van der Waals surface area contributed by atoms with E-state index in [0.29, 0.717) is 4.90 Å². The van der Waals surface area contributed by atoms with Crippen LogP contribution in [0.15, 0.2) is 46.5 Å². The molecule has 35 heavy (non-hydrogen) atoms. The van der Waals surface area contributed by atoms with E-state index in [-0.39, 0.29) is 5.03 Å². The third-order valence-corrected chi connectivity index (χ3v) is 8.49. The Morgan fingerprint density at radius 2 is 1.46 bits per heavy atom. The molecule has 7 N–H and O–H groups in total. The van der Waals surface area contributed by atoms with Crippen LogP contribution >= 0.6 is 11.8 Å². The van der Waals surface area contributed by atoms with Crippen molar-refractivity contribution >= 4 is 22.6 Å². The highest BCUT2D eigenvalue weighted by atomic mass is 32.2. The van der Waals surface area contributed by atoms with Crippen LogP contribution in [-0.2, 0) is 20.3 Å². The van der Waals surface area contributed by atoms with Gasteiger partial charge in [0, 0.05) is 4.90 Å². The van der Waals surface area contributed by atoms with Crippen LogP contribution in [0.2, 0.25) is 0 Å². The van der Waals surface area contributed by atoms with Gasteiger partial charge < -0.3 is 45.2 Å². The number of thioether (sulfide) groups is 1. The van der Waals surface area contributed by atoms with E-state index in [2.05, 4.69) is 10.3 Å². The highest BCUT2D eigenvalue weighted by Crippen LogP contribution is 2.39. The lowest BCUT2D eigenvalue weighted by Crippen LogP contribution is -2.59. The smallest absolute Gasteiger partial charge is 0.174 e. The van der Waals surface area contributed by atoms with E-state index in [0.717, 1.165) is 16.4 Å². The average molecular weight is 534 g/mol. The molecule has 0 amide bonds. The summed E-state index contributed by atoms with van der Waals surface area (Å²) >= 11 is 0.742. The number of rotatable bonds is 7. The molecular weight excluding hydrogens is 506 g/mol. The molecule has 2 fully saturated rings. The Morgan fingerprint density at radius 3 is 2.09 bits per heavy atom. The second-order valence-corrected chi connectivity index (χ2v) is 10.8. The molecule has 0 spiro atoms. The Bertz CT molecular complexity index is 999. The van der Waals surface area contributed by atoms with Crippen molar-refractivity contribution in [2.75, 3.05) is 13.2 Å². The fourth-order valence-electron chi connectivity index (χ4n) is 3.96. The summed E-state index contributed by atoms with van der Waals surface area (Å²) in [4.78, 5) is 0.483. The zero-order valence-electron chi connectivity index (χ0n) is 18.2. The highest BCUT2D eigenvalue weighted by molar-refractivity contribution is 8.00. The Labute approximate surface area is 206 Å². The second kappa shape index (κ2) is 11.3. The van der Waals surface area contributed by atoms with Crippen molar-refractivity contribution in [2.45, 2.75) is 69.6 Å². The quantitative estimate of drug-likeness (QED) is 0.189. The van der Waals surface area contributed by atoms with Crippen molar-refractivity contribution in [1.82, 2.24) is 15.0 Å². The van der Waals surface area contributed by atoms with Gasteiger partial charge in [0.25, 0.3) is 0 Å². The molecule has 0 radical (unpaired) electrons. The number of hydrogen-bond acceptors (Lipinski definition) is 13. The highest BCUT2D eigenvalue weighted by Gasteiger charge is 2.50. The van der Waals surface area contributed by atoms with Gasteiger partial charge in [-0.2, -0.15) is 0 Å². The first-order valence-corrected chi connectivity index (χ1v) is 12.8. The van der Waals surface area contributed by atoms with Gasteiger partial charge >= 0.3 is 0 Å². The zero-order chi connectivity index (χ0) is 25.3. The van der Waals surface area contributed by atoms with Gasteiger partial charge in [-0.05, 0) is 12.1 Å². The van der Waals surface area contributed by atoms with Gasteiger partial charge in [-0.25, -0.2) is 8.89 Å². The van der Waals surface area contributed by atoms with Gasteiger partial charge in [0.1, 0.15) is 70.4 Å². The molecule has 11 atom stereocenters. The molecule has 3 heterocycles. The van der Waals surface area contributed by atoms with Crippen LogP contribution < -0.4 is 0 Å². The Kier molecular flexibility index (Phi) is 8.55. The molecule has 2 aliphatic heterocycles. The van der Waals surface area contributed by atoms with E-state index in [1.165, 1.54) is 6.20 Å². The monoisotopic (exact) mass is 533 g/mol. The lowest BCUT2D eigenvalue weighted by Gasteiger charge is -2.45. The van der Waals surface area contributed by atoms with Crippen LogP contribution in [0.1, 0.15) is 6.04 Å². The topological polar surface area (TPSA) is 208 Å². The predicted molar refractivity (Wildman–Crippen MR) is 119 cm³/mol. The summed E-state index contributed by atoms with van der Waals surface area (Å²) in [5.41, 5.74) is -2.42. The second-order valence-electron chi connectivity index (χ2n) is 8.15. The lowest BCUT2D eigenvalue weighted by molar-refractivity contribution is -0.208. The molecule has 13 nitrogen and oxygen atoms in total. The zero-order valence-corrected chi connectivity index (χ0v) is 19.8. The van der Waals surface area contributed by atoms with E-state index < -0.39 is 83.7 Å². The minimum atomic E-state index is -1.67. The molecule has 0 bridgehead atoms. The molecule has 0 aliphatic carbocycles. The number of benzene rings is 1. The maximum absolute atomic E-state index is 12.8. The predicted octanol–water partition coefficient (Wildman–Crippen LogP) is -3.04. The maximum Gasteiger partial charge on any atom is 0.174 e. The molecule has 0 saturated carbocycles. The standard InChI is InChI=1S/C20H27N3O10S2/c24-7-10-14(26)13(23-6-12(21-22-23)35(31)9-4-2-1-3-5-9)16(28)19(32-10)34-20-18(30)17(29)15(27)11(8-25)33-20/h1-6,10-11,13-20,24-30H,7-8H2/t10-,11-,13+,14+,15-,16-,17+,18-,19+,20+,35-/m1/s1. The minimum Gasteiger partial charge on any atom is -0.394 e. The Morgan fingerprint density at radius 1 is 0.857 bits per heavy atom. The van der Waals surface area contributed by atoms with E-state index in [1.54, 1.807) is 30.3 Å². The van der Waals surface area contributed by atoms with Crippen LogP contribution in [-0.4, -0.2) is 122 Å². The fourth-order valence-corrected chi connectivity index (χ4v) is 6.24. The van der Waals surface area contributed by atoms with Gasteiger partial charge in [0.05, 0.1) is 19.4 Å². The first-order valence-electron chi connectivity index (χ1n) is 10.7. The molecule has 2 saturated heterocycles. The first-order chi connectivity index (χ1) is 16.8. The van der Waals surface area contributed by atoms with Crippen molar-refractivity contribution in [3.63, 3.8) is 0 Å². The summed E-state index contributed by atoms with van der Waals surface area (Å²) in [6, 6.07) is 7.34. The van der Waals surface area contributed by atoms with Gasteiger partial charge in [-0.15, -0.1) is 5.10 Å². The van der Waals surface area contributed by atoms with Crippen LogP contribution in [0.4, 0.5) is 0 Å². The number of ether oxygens (including phenoxy) is 2. The van der Waals surface area contributed by atoms with Crippen molar-refractivity contribution in [3.8, 4) is 0 Å². The summed E-state index contributed by atoms with van der Waals surface area (Å²) in [6.07, 6.45) is -8.69. The van der Waals surface area contributed by atoms with E-state index in [4.69, 9.17) is 9.47 Å². The third-order valence-electron chi connectivity index (χ3n) is 5.91. The molecule has 4 rings (SSSR count). The number of hydrogen-bond donors (Lipinski definition) is 7. The number of aliphatic hydroxyl groups is 7. The normalized spacial score (nSPS) is 38.8. The van der Waals surface area contributed by atoms with Gasteiger partial charge in [0.15, 0.2) is 5.03 Å². The molecule has 15 heteroatoms. The minimum absolute atomic E-state index is 0.0841. The summed E-state index contributed by atoms with van der Waals surface area (Å²) in [5.74, 6) is 0. The molecule has 2 aromatic rings. The van der Waals surface area contributed by atoms with Crippen molar-refractivity contribution in [3.05, 3.63) is 36.5 Å². The summed E-state index contributed by atoms with van der Waals surface area (Å²) in [5, 5.41) is 79.2. The largest absolute Gasteiger partial charge is 0.394 e. The van der Waals surface area contributed by atoms with Crippen LogP contribution in [0, 0.1) is 0 Å². The maximum atomic E-state index is 12.8. The van der Waals surface area contributed by atoms with E-state index in [1.807, 2.05) is 0 Å². The van der Waals surface area contributed by atoms with Crippen LogP contribution in [0.3, 0.4) is 0 Å². The third kappa shape index (κ3) is 5.30. The summed E-state index contributed by atoms with van der Waals surface area (Å²) in [7, 11) is -1.67. The lowest BCUT2D eigenvalue weighted by atomic mass is 9.97. The van der Waals surface area contributed by atoms with Crippen molar-refractivity contribution in [1.29, 1.82) is 0 Å². The Hall–Kier alpha value is -1.50. The van der Waals surface area contributed by atoms with Crippen LogP contribution in [0.25, 0.3) is 0 Å². The number of aromatic nitrogens is 3. The molecule has 2 aliphatic rings. The first kappa shape index (κ1) is 26.6. The molecular formula is C20H27N3O10S2. The number of nitrogens with zero attached hydrogens (tertiary/aromatic N) is 3. The number of aliphatic hydroxyl groups excluding tert-OH is 7. The molecule has 0 unspecified atom stereocenters. The summed E-state index contributed by atoms with van der Waals surface area (Å²) < 4.78 is 25.0. The van der Waals surface area contributed by atoms with E-state index in [9.17, 15) is 40.0 Å². The Balaban J connectivity index is 1.56. The average Bonchev–Trinajstić information content (AvgIpc) is 3.35. The molecule has 194 valence electrons. The SMILES string of the molecule is O=[S@](c1ccccc1)c1cn([C@H]2[C@@H](O)[C@@H](CO)O[C@@H](S[C@@H]3O[C@H](CO)[C@@H](O)[C@H](O)[C@H]3O)[C@@H]2O)nn1. The molecule has 1 aromatic heterocycles. The van der Waals surface area contributed by atoms with E-state index >= 15 is 0 Å².